The maximum atomic E-state index is 9.87. The molecule has 3 N–H and O–H groups in total. The summed E-state index contributed by atoms with van der Waals surface area (Å²) < 4.78 is 17.1. The molecule has 32 heavy (non-hydrogen) atoms. The SMILES string of the molecule is COc1ccc(-c2[nH]nc3c2C(c2ccc(-c4ccc(Cl)cc4)o2)C(C#N)=C(N)O3)cc1. The molecule has 1 aliphatic heterocycles. The molecule has 0 bridgehead atoms. The number of fused-ring (bicyclic) bond motifs is 1. The summed E-state index contributed by atoms with van der Waals surface area (Å²) in [5.41, 5.74) is 9.42. The Hall–Kier alpha value is -4.15. The third-order valence-corrected chi connectivity index (χ3v) is 5.61. The van der Waals surface area contributed by atoms with Crippen molar-refractivity contribution < 1.29 is 13.9 Å². The number of benzene rings is 2. The quantitative estimate of drug-likeness (QED) is 0.446. The summed E-state index contributed by atoms with van der Waals surface area (Å²) in [7, 11) is 1.61. The van der Waals surface area contributed by atoms with E-state index in [-0.39, 0.29) is 11.5 Å². The van der Waals surface area contributed by atoms with E-state index in [1.165, 1.54) is 0 Å². The number of allylic oxidation sites excluding steroid dienone is 1. The van der Waals surface area contributed by atoms with E-state index < -0.39 is 5.92 Å². The molecule has 0 fully saturated rings. The van der Waals surface area contributed by atoms with Gasteiger partial charge in [0.2, 0.25) is 11.8 Å². The lowest BCUT2D eigenvalue weighted by atomic mass is 9.86. The van der Waals surface area contributed by atoms with Crippen LogP contribution in [-0.4, -0.2) is 17.3 Å². The summed E-state index contributed by atoms with van der Waals surface area (Å²) in [5.74, 6) is 1.66. The van der Waals surface area contributed by atoms with Crippen LogP contribution in [0.3, 0.4) is 0 Å². The minimum absolute atomic E-state index is 0.00206. The highest BCUT2D eigenvalue weighted by molar-refractivity contribution is 6.30. The number of aromatic amines is 1. The molecule has 0 amide bonds. The second kappa shape index (κ2) is 7.84. The smallest absolute Gasteiger partial charge is 0.244 e. The van der Waals surface area contributed by atoms with Gasteiger partial charge in [0.1, 0.15) is 28.9 Å². The summed E-state index contributed by atoms with van der Waals surface area (Å²) in [6.45, 7) is 0. The fourth-order valence-electron chi connectivity index (χ4n) is 3.78. The highest BCUT2D eigenvalue weighted by atomic mass is 35.5. The van der Waals surface area contributed by atoms with Gasteiger partial charge in [0.25, 0.3) is 0 Å². The number of H-pyrrole nitrogens is 1. The number of nitrogens with zero attached hydrogens (tertiary/aromatic N) is 2. The van der Waals surface area contributed by atoms with Crippen LogP contribution in [0.15, 0.2) is 76.5 Å². The molecule has 1 aliphatic rings. The fraction of sp³-hybridized carbons (Fsp3) is 0.0833. The van der Waals surface area contributed by atoms with Crippen molar-refractivity contribution in [1.82, 2.24) is 10.2 Å². The topological polar surface area (TPSA) is 110 Å². The van der Waals surface area contributed by atoms with Gasteiger partial charge >= 0.3 is 0 Å². The Kier molecular flexibility index (Phi) is 4.85. The molecule has 0 saturated carbocycles. The van der Waals surface area contributed by atoms with Crippen LogP contribution in [-0.2, 0) is 0 Å². The van der Waals surface area contributed by atoms with Gasteiger partial charge in [-0.25, -0.2) is 0 Å². The number of nitrogens with two attached hydrogens (primary N) is 1. The number of furan rings is 1. The third kappa shape index (κ3) is 3.27. The maximum absolute atomic E-state index is 9.87. The Labute approximate surface area is 188 Å². The molecule has 158 valence electrons. The highest BCUT2D eigenvalue weighted by Gasteiger charge is 2.37. The van der Waals surface area contributed by atoms with Gasteiger partial charge in [0, 0.05) is 16.1 Å². The normalized spacial score (nSPS) is 15.1. The molecule has 8 heteroatoms. The van der Waals surface area contributed by atoms with Crippen molar-refractivity contribution in [2.75, 3.05) is 7.11 Å². The lowest BCUT2D eigenvalue weighted by Crippen LogP contribution is -2.20. The summed E-state index contributed by atoms with van der Waals surface area (Å²) in [6.07, 6.45) is 0. The number of hydrogen-bond donors (Lipinski definition) is 2. The van der Waals surface area contributed by atoms with Gasteiger partial charge in [-0.05, 0) is 60.7 Å². The summed E-state index contributed by atoms with van der Waals surface area (Å²) >= 11 is 6.00. The Morgan fingerprint density at radius 2 is 1.78 bits per heavy atom. The number of methoxy groups -OCH3 is 1. The number of nitriles is 1. The zero-order valence-electron chi connectivity index (χ0n) is 16.9. The average Bonchev–Trinajstić information content (AvgIpc) is 3.46. The molecule has 1 atom stereocenters. The maximum Gasteiger partial charge on any atom is 0.244 e. The van der Waals surface area contributed by atoms with E-state index in [0.29, 0.717) is 33.7 Å². The second-order valence-corrected chi connectivity index (χ2v) is 7.62. The van der Waals surface area contributed by atoms with Crippen molar-refractivity contribution in [3.8, 4) is 40.3 Å². The molecular formula is C24H17ClN4O3. The molecule has 2 aromatic carbocycles. The molecule has 2 aromatic heterocycles. The van der Waals surface area contributed by atoms with Crippen molar-refractivity contribution in [1.29, 1.82) is 5.26 Å². The zero-order chi connectivity index (χ0) is 22.2. The second-order valence-electron chi connectivity index (χ2n) is 7.18. The molecule has 5 rings (SSSR count). The first-order valence-electron chi connectivity index (χ1n) is 9.75. The van der Waals surface area contributed by atoms with Crippen LogP contribution in [0.4, 0.5) is 0 Å². The van der Waals surface area contributed by atoms with E-state index in [0.717, 1.165) is 16.9 Å². The summed E-state index contributed by atoms with van der Waals surface area (Å²) in [5, 5.41) is 17.8. The van der Waals surface area contributed by atoms with Crippen LogP contribution in [0, 0.1) is 11.3 Å². The van der Waals surface area contributed by atoms with Crippen molar-refractivity contribution in [2.24, 2.45) is 5.73 Å². The molecule has 4 aromatic rings. The third-order valence-electron chi connectivity index (χ3n) is 5.36. The molecular weight excluding hydrogens is 428 g/mol. The van der Waals surface area contributed by atoms with Crippen LogP contribution in [0.5, 0.6) is 11.6 Å². The number of ether oxygens (including phenoxy) is 2. The van der Waals surface area contributed by atoms with Gasteiger partial charge < -0.3 is 19.6 Å². The molecule has 3 heterocycles. The van der Waals surface area contributed by atoms with Crippen molar-refractivity contribution >= 4 is 11.6 Å². The van der Waals surface area contributed by atoms with E-state index in [2.05, 4.69) is 16.3 Å². The van der Waals surface area contributed by atoms with E-state index in [1.54, 1.807) is 19.2 Å². The van der Waals surface area contributed by atoms with E-state index in [9.17, 15) is 5.26 Å². The summed E-state index contributed by atoms with van der Waals surface area (Å²) in [4.78, 5) is 0. The van der Waals surface area contributed by atoms with Crippen LogP contribution in [0.1, 0.15) is 17.2 Å². The first kappa shape index (κ1) is 19.8. The van der Waals surface area contributed by atoms with Gasteiger partial charge in [-0.2, -0.15) is 5.26 Å². The van der Waals surface area contributed by atoms with E-state index in [1.807, 2.05) is 48.5 Å². The van der Waals surface area contributed by atoms with Gasteiger partial charge in [-0.3, -0.25) is 5.10 Å². The Morgan fingerprint density at radius 3 is 2.47 bits per heavy atom. The number of hydrogen-bond acceptors (Lipinski definition) is 6. The first-order chi connectivity index (χ1) is 15.6. The molecule has 7 nitrogen and oxygen atoms in total. The van der Waals surface area contributed by atoms with Gasteiger partial charge in [0.15, 0.2) is 0 Å². The zero-order valence-corrected chi connectivity index (χ0v) is 17.7. The minimum Gasteiger partial charge on any atom is -0.497 e. The molecule has 1 unspecified atom stereocenters. The van der Waals surface area contributed by atoms with Crippen molar-refractivity contribution in [2.45, 2.75) is 5.92 Å². The van der Waals surface area contributed by atoms with E-state index >= 15 is 0 Å². The largest absolute Gasteiger partial charge is 0.497 e. The Bertz CT molecular complexity index is 1360. The van der Waals surface area contributed by atoms with Crippen LogP contribution in [0.2, 0.25) is 5.02 Å². The predicted molar refractivity (Wildman–Crippen MR) is 119 cm³/mol. The number of aromatic nitrogens is 2. The average molecular weight is 445 g/mol. The molecule has 0 radical (unpaired) electrons. The monoisotopic (exact) mass is 444 g/mol. The fourth-order valence-corrected chi connectivity index (χ4v) is 3.91. The standard InChI is InChI=1S/C24H17ClN4O3/c1-30-16-8-4-14(5-9-16)22-21-20(17(12-26)23(27)32-24(21)29-28-22)19-11-10-18(31-19)13-2-6-15(25)7-3-13/h2-11,20H,27H2,1H3,(H,28,29). The predicted octanol–water partition coefficient (Wildman–Crippen LogP) is 5.22. The van der Waals surface area contributed by atoms with Gasteiger partial charge in [-0.1, -0.05) is 11.6 Å². The van der Waals surface area contributed by atoms with Gasteiger partial charge in [-0.15, -0.1) is 5.10 Å². The number of nitrogens with one attached hydrogen (secondary N) is 1. The highest BCUT2D eigenvalue weighted by Crippen LogP contribution is 2.46. The Balaban J connectivity index is 1.63. The Morgan fingerprint density at radius 1 is 1.06 bits per heavy atom. The van der Waals surface area contributed by atoms with Crippen molar-refractivity contribution in [3.05, 3.63) is 88.5 Å². The lowest BCUT2D eigenvalue weighted by Gasteiger charge is -2.22. The van der Waals surface area contributed by atoms with E-state index in [4.69, 9.17) is 31.2 Å². The lowest BCUT2D eigenvalue weighted by molar-refractivity contribution is 0.372. The van der Waals surface area contributed by atoms with Crippen LogP contribution >= 0.6 is 11.6 Å². The van der Waals surface area contributed by atoms with Crippen molar-refractivity contribution in [3.63, 3.8) is 0 Å². The minimum atomic E-state index is -0.583. The van der Waals surface area contributed by atoms with Crippen LogP contribution in [0.25, 0.3) is 22.6 Å². The number of halogens is 1. The first-order valence-corrected chi connectivity index (χ1v) is 10.1. The molecule has 0 spiro atoms. The van der Waals surface area contributed by atoms with Gasteiger partial charge in [0.05, 0.1) is 24.3 Å². The van der Waals surface area contributed by atoms with Crippen LogP contribution < -0.4 is 15.2 Å². The summed E-state index contributed by atoms with van der Waals surface area (Å²) in [6, 6.07) is 20.7. The number of rotatable bonds is 4. The molecule has 0 saturated heterocycles. The molecule has 0 aliphatic carbocycles.